The summed E-state index contributed by atoms with van der Waals surface area (Å²) in [7, 11) is 0. The second-order valence-electron chi connectivity index (χ2n) is 7.88. The number of nitrogens with one attached hydrogen (secondary N) is 1. The molecule has 1 saturated carbocycles. The summed E-state index contributed by atoms with van der Waals surface area (Å²) in [5.74, 6) is 1.28. The minimum Gasteiger partial charge on any atom is -0.490 e. The predicted molar refractivity (Wildman–Crippen MR) is 115 cm³/mol. The fraction of sp³-hybridized carbons (Fsp3) is 0.417. The summed E-state index contributed by atoms with van der Waals surface area (Å²) in [4.78, 5) is 26.7. The van der Waals surface area contributed by atoms with Crippen molar-refractivity contribution in [2.45, 2.75) is 57.8 Å². The Hall–Kier alpha value is -3.02. The van der Waals surface area contributed by atoms with Gasteiger partial charge in [-0.15, -0.1) is 0 Å². The Morgan fingerprint density at radius 3 is 2.70 bits per heavy atom. The maximum Gasteiger partial charge on any atom is 0.267 e. The average Bonchev–Trinajstić information content (AvgIpc) is 3.26. The number of ether oxygens (including phenoxy) is 2. The van der Waals surface area contributed by atoms with Crippen molar-refractivity contribution in [3.63, 3.8) is 0 Å². The fourth-order valence-corrected chi connectivity index (χ4v) is 4.04. The molecule has 0 bridgehead atoms. The van der Waals surface area contributed by atoms with E-state index in [1.165, 1.54) is 12.8 Å². The topological polar surface area (TPSA) is 67.9 Å². The van der Waals surface area contributed by atoms with Crippen LogP contribution in [0, 0.1) is 0 Å². The predicted octanol–water partition coefficient (Wildman–Crippen LogP) is 3.83. The summed E-state index contributed by atoms with van der Waals surface area (Å²) in [5.41, 5.74) is 1.68. The van der Waals surface area contributed by atoms with Gasteiger partial charge in [0.1, 0.15) is 11.5 Å². The van der Waals surface area contributed by atoms with Gasteiger partial charge in [-0.1, -0.05) is 30.3 Å². The third-order valence-electron chi connectivity index (χ3n) is 5.68. The highest BCUT2D eigenvalue weighted by Crippen LogP contribution is 2.33. The van der Waals surface area contributed by atoms with Gasteiger partial charge in [0.2, 0.25) is 5.91 Å². The van der Waals surface area contributed by atoms with E-state index in [2.05, 4.69) is 5.32 Å². The van der Waals surface area contributed by atoms with E-state index in [-0.39, 0.29) is 24.3 Å². The van der Waals surface area contributed by atoms with Gasteiger partial charge in [-0.3, -0.25) is 9.59 Å². The van der Waals surface area contributed by atoms with Crippen LogP contribution < -0.4 is 19.7 Å². The van der Waals surface area contributed by atoms with Gasteiger partial charge in [-0.25, -0.2) is 0 Å². The number of fused-ring (bicyclic) bond motifs is 1. The molecular formula is C24H28N2O4. The van der Waals surface area contributed by atoms with E-state index in [1.807, 2.05) is 48.5 Å². The lowest BCUT2D eigenvalue weighted by atomic mass is 10.1. The summed E-state index contributed by atoms with van der Waals surface area (Å²) in [5, 5.41) is 2.97. The highest BCUT2D eigenvalue weighted by molar-refractivity contribution is 6.00. The summed E-state index contributed by atoms with van der Waals surface area (Å²) >= 11 is 0. The van der Waals surface area contributed by atoms with E-state index < -0.39 is 6.10 Å². The zero-order chi connectivity index (χ0) is 20.9. The number of hydrogen-bond acceptors (Lipinski definition) is 4. The molecule has 1 aliphatic carbocycles. The summed E-state index contributed by atoms with van der Waals surface area (Å²) in [6.45, 7) is 2.45. The smallest absolute Gasteiger partial charge is 0.267 e. The van der Waals surface area contributed by atoms with Crippen LogP contribution in [0.15, 0.2) is 48.5 Å². The van der Waals surface area contributed by atoms with Crippen molar-refractivity contribution < 1.29 is 19.1 Å². The first-order valence-electron chi connectivity index (χ1n) is 10.7. The molecule has 1 N–H and O–H groups in total. The van der Waals surface area contributed by atoms with E-state index in [0.717, 1.165) is 24.2 Å². The third kappa shape index (κ3) is 4.58. The molecule has 0 spiro atoms. The lowest BCUT2D eigenvalue weighted by molar-refractivity contribution is -0.125. The molecule has 2 amide bonds. The van der Waals surface area contributed by atoms with Crippen molar-refractivity contribution >= 4 is 17.5 Å². The minimum atomic E-state index is -0.553. The molecule has 2 aliphatic rings. The highest BCUT2D eigenvalue weighted by Gasteiger charge is 2.31. The Bertz CT molecular complexity index is 908. The van der Waals surface area contributed by atoms with Crippen molar-refractivity contribution in [2.75, 3.05) is 11.4 Å². The first kappa shape index (κ1) is 20.3. The number of rotatable bonds is 7. The van der Waals surface area contributed by atoms with Gasteiger partial charge in [-0.05, 0) is 50.8 Å². The minimum absolute atomic E-state index is 0.102. The van der Waals surface area contributed by atoms with Crippen LogP contribution in [0.2, 0.25) is 0 Å². The van der Waals surface area contributed by atoms with Gasteiger partial charge in [0.05, 0.1) is 11.8 Å². The van der Waals surface area contributed by atoms with Gasteiger partial charge >= 0.3 is 0 Å². The van der Waals surface area contributed by atoms with Gasteiger partial charge < -0.3 is 19.7 Å². The summed E-state index contributed by atoms with van der Waals surface area (Å²) < 4.78 is 11.8. The quantitative estimate of drug-likeness (QED) is 0.756. The number of hydrogen-bond donors (Lipinski definition) is 1. The van der Waals surface area contributed by atoms with Crippen LogP contribution in [0.4, 0.5) is 5.69 Å². The molecule has 0 saturated heterocycles. The zero-order valence-electron chi connectivity index (χ0n) is 17.3. The van der Waals surface area contributed by atoms with Crippen LogP contribution in [-0.2, 0) is 16.1 Å². The van der Waals surface area contributed by atoms with Gasteiger partial charge in [0.25, 0.3) is 5.91 Å². The number of benzene rings is 2. The first-order valence-corrected chi connectivity index (χ1v) is 10.7. The van der Waals surface area contributed by atoms with Gasteiger partial charge in [-0.2, -0.15) is 0 Å². The van der Waals surface area contributed by atoms with Crippen molar-refractivity contribution in [3.05, 3.63) is 54.1 Å². The monoisotopic (exact) mass is 408 g/mol. The largest absolute Gasteiger partial charge is 0.490 e. The fourth-order valence-electron chi connectivity index (χ4n) is 4.04. The molecule has 30 heavy (non-hydrogen) atoms. The molecule has 4 rings (SSSR count). The number of carbonyl (C=O) groups excluding carboxylic acids is 2. The van der Waals surface area contributed by atoms with E-state index >= 15 is 0 Å². The van der Waals surface area contributed by atoms with Crippen molar-refractivity contribution in [3.8, 4) is 11.5 Å². The number of carbonyl (C=O) groups is 2. The average molecular weight is 408 g/mol. The summed E-state index contributed by atoms with van der Waals surface area (Å²) in [6, 6.07) is 15.3. The molecule has 1 atom stereocenters. The van der Waals surface area contributed by atoms with Crippen LogP contribution in [0.3, 0.4) is 0 Å². The Labute approximate surface area is 177 Å². The van der Waals surface area contributed by atoms with Crippen molar-refractivity contribution in [1.82, 2.24) is 5.32 Å². The SMILES string of the molecule is CC1Oc2ccccc2N(CCC(=O)NCc2ccccc2OC2CCCC2)C1=O. The molecule has 2 aromatic carbocycles. The standard InChI is InChI=1S/C24H28N2O4/c1-17-24(28)26(20-11-5-7-13-22(20)29-17)15-14-23(27)25-16-18-8-2-6-12-21(18)30-19-9-3-4-10-19/h2,5-8,11-13,17,19H,3-4,9-10,14-16H2,1H3,(H,25,27). The Morgan fingerprint density at radius 2 is 1.87 bits per heavy atom. The number of anilines is 1. The number of amides is 2. The third-order valence-corrected chi connectivity index (χ3v) is 5.68. The van der Waals surface area contributed by atoms with Crippen LogP contribution in [0.1, 0.15) is 44.6 Å². The van der Waals surface area contributed by atoms with Crippen LogP contribution in [-0.4, -0.2) is 30.6 Å². The Balaban J connectivity index is 1.33. The Morgan fingerprint density at radius 1 is 1.13 bits per heavy atom. The molecule has 2 aromatic rings. The molecule has 6 nitrogen and oxygen atoms in total. The zero-order valence-corrected chi connectivity index (χ0v) is 17.3. The molecule has 158 valence electrons. The highest BCUT2D eigenvalue weighted by atomic mass is 16.5. The van der Waals surface area contributed by atoms with Gasteiger partial charge in [0.15, 0.2) is 6.10 Å². The van der Waals surface area contributed by atoms with E-state index in [9.17, 15) is 9.59 Å². The molecule has 1 unspecified atom stereocenters. The van der Waals surface area contributed by atoms with E-state index in [0.29, 0.717) is 24.5 Å². The van der Waals surface area contributed by atoms with E-state index in [1.54, 1.807) is 11.8 Å². The maximum atomic E-state index is 12.5. The second kappa shape index (κ2) is 9.20. The van der Waals surface area contributed by atoms with Crippen LogP contribution in [0.5, 0.6) is 11.5 Å². The molecule has 0 aromatic heterocycles. The summed E-state index contributed by atoms with van der Waals surface area (Å²) in [6.07, 6.45) is 4.55. The van der Waals surface area contributed by atoms with E-state index in [4.69, 9.17) is 9.47 Å². The normalized spacial score (nSPS) is 18.6. The first-order chi connectivity index (χ1) is 14.6. The van der Waals surface area contributed by atoms with Crippen molar-refractivity contribution in [1.29, 1.82) is 0 Å². The molecule has 6 heteroatoms. The molecule has 0 radical (unpaired) electrons. The second-order valence-corrected chi connectivity index (χ2v) is 7.88. The van der Waals surface area contributed by atoms with Crippen molar-refractivity contribution in [2.24, 2.45) is 0 Å². The lowest BCUT2D eigenvalue weighted by Gasteiger charge is -2.32. The lowest BCUT2D eigenvalue weighted by Crippen LogP contribution is -2.45. The molecular weight excluding hydrogens is 380 g/mol. The van der Waals surface area contributed by atoms with Gasteiger partial charge in [0, 0.05) is 25.1 Å². The Kier molecular flexibility index (Phi) is 6.21. The maximum absolute atomic E-state index is 12.5. The van der Waals surface area contributed by atoms with Crippen LogP contribution in [0.25, 0.3) is 0 Å². The molecule has 1 fully saturated rings. The number of nitrogens with zero attached hydrogens (tertiary/aromatic N) is 1. The van der Waals surface area contributed by atoms with Crippen LogP contribution >= 0.6 is 0 Å². The molecule has 1 heterocycles. The number of para-hydroxylation sites is 3. The molecule has 1 aliphatic heterocycles.